The lowest BCUT2D eigenvalue weighted by Crippen LogP contribution is -2.40. The summed E-state index contributed by atoms with van der Waals surface area (Å²) in [5, 5.41) is 6.33. The summed E-state index contributed by atoms with van der Waals surface area (Å²) in [6.45, 7) is 1.35. The van der Waals surface area contributed by atoms with Crippen molar-refractivity contribution in [2.24, 2.45) is 0 Å². The van der Waals surface area contributed by atoms with E-state index in [0.717, 1.165) is 25.7 Å². The number of nitrogens with one attached hydrogen (secondary N) is 2. The van der Waals surface area contributed by atoms with Crippen LogP contribution in [-0.4, -0.2) is 36.0 Å². The Labute approximate surface area is 107 Å². The number of rotatable bonds is 4. The summed E-state index contributed by atoms with van der Waals surface area (Å²) >= 11 is 0. The van der Waals surface area contributed by atoms with Crippen molar-refractivity contribution < 1.29 is 8.42 Å². The van der Waals surface area contributed by atoms with Gasteiger partial charge in [-0.1, -0.05) is 12.8 Å². The molecule has 4 N–H and O–H groups in total. The first-order valence-corrected chi connectivity index (χ1v) is 7.56. The van der Waals surface area contributed by atoms with Crippen LogP contribution in [0.4, 0.5) is 5.82 Å². The third-order valence-corrected chi connectivity index (χ3v) is 4.66. The second-order valence-electron chi connectivity index (χ2n) is 4.45. The smallest absolute Gasteiger partial charge is 0.279 e. The van der Waals surface area contributed by atoms with Crippen molar-refractivity contribution in [3.63, 3.8) is 0 Å². The highest BCUT2D eigenvalue weighted by Gasteiger charge is 2.22. The highest BCUT2D eigenvalue weighted by atomic mass is 32.2. The van der Waals surface area contributed by atoms with Crippen LogP contribution in [-0.2, 0) is 16.8 Å². The second-order valence-corrected chi connectivity index (χ2v) is 6.20. The first-order valence-electron chi connectivity index (χ1n) is 6.12. The molecule has 2 heterocycles. The fourth-order valence-corrected chi connectivity index (χ4v) is 3.26. The van der Waals surface area contributed by atoms with Gasteiger partial charge < -0.3 is 5.73 Å². The van der Waals surface area contributed by atoms with Crippen molar-refractivity contribution in [2.45, 2.75) is 32.2 Å². The molecular weight excluding hydrogens is 254 g/mol. The average Bonchev–Trinajstić information content (AvgIpc) is 2.59. The molecule has 0 unspecified atom stereocenters. The maximum absolute atomic E-state index is 12.1. The number of aromatic nitrogens is 2. The van der Waals surface area contributed by atoms with Crippen LogP contribution < -0.4 is 10.5 Å². The zero-order valence-electron chi connectivity index (χ0n) is 10.2. The van der Waals surface area contributed by atoms with Crippen LogP contribution in [0.5, 0.6) is 0 Å². The molecule has 1 saturated heterocycles. The van der Waals surface area contributed by atoms with Gasteiger partial charge in [-0.15, -0.1) is 0 Å². The summed E-state index contributed by atoms with van der Waals surface area (Å²) in [6.07, 6.45) is 5.57. The van der Waals surface area contributed by atoms with Gasteiger partial charge in [0.2, 0.25) is 0 Å². The molecular formula is C10H19N5O2S. The van der Waals surface area contributed by atoms with Gasteiger partial charge in [0, 0.05) is 25.2 Å². The molecule has 0 aromatic carbocycles. The summed E-state index contributed by atoms with van der Waals surface area (Å²) in [4.78, 5) is 0. The summed E-state index contributed by atoms with van der Waals surface area (Å²) in [6, 6.07) is 0. The van der Waals surface area contributed by atoms with E-state index >= 15 is 0 Å². The molecule has 1 aliphatic rings. The molecule has 8 heteroatoms. The summed E-state index contributed by atoms with van der Waals surface area (Å²) in [7, 11) is -3.41. The standard InChI is InChI=1S/C10H19N5O2S/c11-10-9(7-12-14-10)8-13-18(16,17)15-5-3-1-2-4-6-15/h7,13H,1-6,8H2,(H3,11,12,14). The van der Waals surface area contributed by atoms with Crippen molar-refractivity contribution in [1.29, 1.82) is 0 Å². The normalized spacial score (nSPS) is 18.7. The zero-order valence-corrected chi connectivity index (χ0v) is 11.0. The number of hydrogen-bond acceptors (Lipinski definition) is 4. The fourth-order valence-electron chi connectivity index (χ4n) is 2.00. The maximum Gasteiger partial charge on any atom is 0.279 e. The molecule has 1 fully saturated rings. The molecule has 0 spiro atoms. The first-order chi connectivity index (χ1) is 8.59. The molecule has 1 aromatic heterocycles. The molecule has 0 radical (unpaired) electrons. The van der Waals surface area contributed by atoms with E-state index in [1.54, 1.807) is 0 Å². The van der Waals surface area contributed by atoms with Crippen LogP contribution in [0.25, 0.3) is 0 Å². The molecule has 0 bridgehead atoms. The van der Waals surface area contributed by atoms with E-state index in [2.05, 4.69) is 14.9 Å². The minimum atomic E-state index is -3.41. The van der Waals surface area contributed by atoms with Crippen molar-refractivity contribution in [1.82, 2.24) is 19.2 Å². The van der Waals surface area contributed by atoms with Crippen LogP contribution in [0.15, 0.2) is 6.20 Å². The third-order valence-electron chi connectivity index (χ3n) is 3.10. The van der Waals surface area contributed by atoms with Gasteiger partial charge in [-0.25, -0.2) is 0 Å². The van der Waals surface area contributed by atoms with E-state index in [0.29, 0.717) is 24.5 Å². The summed E-state index contributed by atoms with van der Waals surface area (Å²) in [5.74, 6) is 0.397. The summed E-state index contributed by atoms with van der Waals surface area (Å²) < 4.78 is 28.2. The molecule has 0 amide bonds. The Morgan fingerprint density at radius 1 is 1.33 bits per heavy atom. The van der Waals surface area contributed by atoms with Gasteiger partial charge >= 0.3 is 0 Å². The Hall–Kier alpha value is -1.12. The number of nitrogens with zero attached hydrogens (tertiary/aromatic N) is 2. The van der Waals surface area contributed by atoms with Gasteiger partial charge in [-0.05, 0) is 12.8 Å². The number of hydrogen-bond donors (Lipinski definition) is 3. The fraction of sp³-hybridized carbons (Fsp3) is 0.700. The van der Waals surface area contributed by atoms with Gasteiger partial charge in [0.15, 0.2) is 0 Å². The number of nitrogens with two attached hydrogens (primary N) is 1. The van der Waals surface area contributed by atoms with E-state index in [1.807, 2.05) is 0 Å². The number of aromatic amines is 1. The Kier molecular flexibility index (Phi) is 4.20. The van der Waals surface area contributed by atoms with Gasteiger partial charge in [0.05, 0.1) is 6.20 Å². The van der Waals surface area contributed by atoms with Gasteiger partial charge in [-0.3, -0.25) is 5.10 Å². The quantitative estimate of drug-likeness (QED) is 0.729. The molecule has 0 aliphatic carbocycles. The monoisotopic (exact) mass is 273 g/mol. The molecule has 102 valence electrons. The molecule has 18 heavy (non-hydrogen) atoms. The molecule has 1 aliphatic heterocycles. The molecule has 0 atom stereocenters. The van der Waals surface area contributed by atoms with Crippen LogP contribution in [0.3, 0.4) is 0 Å². The Balaban J connectivity index is 1.96. The Morgan fingerprint density at radius 2 is 2.00 bits per heavy atom. The highest BCUT2D eigenvalue weighted by molar-refractivity contribution is 7.87. The van der Waals surface area contributed by atoms with E-state index in [-0.39, 0.29) is 6.54 Å². The maximum atomic E-state index is 12.1. The minimum Gasteiger partial charge on any atom is -0.384 e. The van der Waals surface area contributed by atoms with Crippen LogP contribution in [0.2, 0.25) is 0 Å². The van der Waals surface area contributed by atoms with Gasteiger partial charge in [0.1, 0.15) is 5.82 Å². The lowest BCUT2D eigenvalue weighted by Gasteiger charge is -2.20. The van der Waals surface area contributed by atoms with Crippen molar-refractivity contribution in [2.75, 3.05) is 18.8 Å². The largest absolute Gasteiger partial charge is 0.384 e. The van der Waals surface area contributed by atoms with Crippen LogP contribution in [0.1, 0.15) is 31.2 Å². The number of H-pyrrole nitrogens is 1. The predicted octanol–water partition coefficient (Wildman–Crippen LogP) is 0.202. The van der Waals surface area contributed by atoms with Crippen molar-refractivity contribution in [3.05, 3.63) is 11.8 Å². The molecule has 0 saturated carbocycles. The van der Waals surface area contributed by atoms with E-state index in [4.69, 9.17) is 5.73 Å². The lowest BCUT2D eigenvalue weighted by molar-refractivity contribution is 0.414. The van der Waals surface area contributed by atoms with Crippen molar-refractivity contribution >= 4 is 16.0 Å². The number of anilines is 1. The molecule has 7 nitrogen and oxygen atoms in total. The SMILES string of the molecule is Nc1[nH]ncc1CNS(=O)(=O)N1CCCCCC1. The zero-order chi connectivity index (χ0) is 13.0. The van der Waals surface area contributed by atoms with Crippen molar-refractivity contribution in [3.8, 4) is 0 Å². The average molecular weight is 273 g/mol. The van der Waals surface area contributed by atoms with Gasteiger partial charge in [0.25, 0.3) is 10.2 Å². The Bertz CT molecular complexity index is 476. The predicted molar refractivity (Wildman–Crippen MR) is 68.8 cm³/mol. The highest BCUT2D eigenvalue weighted by Crippen LogP contribution is 2.13. The second kappa shape index (κ2) is 5.68. The van der Waals surface area contributed by atoms with Crippen LogP contribution in [0, 0.1) is 0 Å². The van der Waals surface area contributed by atoms with E-state index < -0.39 is 10.2 Å². The molecule has 2 rings (SSSR count). The van der Waals surface area contributed by atoms with Gasteiger partial charge in [-0.2, -0.15) is 22.5 Å². The topological polar surface area (TPSA) is 104 Å². The minimum absolute atomic E-state index is 0.168. The summed E-state index contributed by atoms with van der Waals surface area (Å²) in [5.41, 5.74) is 6.27. The van der Waals surface area contributed by atoms with E-state index in [9.17, 15) is 8.42 Å². The molecule has 1 aromatic rings. The third kappa shape index (κ3) is 3.21. The van der Waals surface area contributed by atoms with E-state index in [1.165, 1.54) is 10.5 Å². The lowest BCUT2D eigenvalue weighted by atomic mass is 10.2. The number of nitrogen functional groups attached to an aromatic ring is 1. The van der Waals surface area contributed by atoms with Crippen LogP contribution >= 0.6 is 0 Å². The Morgan fingerprint density at radius 3 is 2.56 bits per heavy atom. The first kappa shape index (κ1) is 13.3.